The predicted octanol–water partition coefficient (Wildman–Crippen LogP) is 1.19. The molecule has 0 fully saturated rings. The van der Waals surface area contributed by atoms with Gasteiger partial charge in [0, 0.05) is 5.92 Å². The fourth-order valence-electron chi connectivity index (χ4n) is 1.54. The molecule has 0 aliphatic carbocycles. The fourth-order valence-corrected chi connectivity index (χ4v) is 2.08. The third-order valence-corrected chi connectivity index (χ3v) is 2.83. The van der Waals surface area contributed by atoms with Crippen LogP contribution in [0.1, 0.15) is 18.4 Å². The smallest absolute Gasteiger partial charge is 0.0702 e. The zero-order valence-corrected chi connectivity index (χ0v) is 9.80. The molecule has 0 N–H and O–H groups in total. The second kappa shape index (κ2) is 5.41. The molecular formula is C11H13O4P-2. The monoisotopic (exact) mass is 240 g/mol. The molecular weight excluding hydrogens is 227 g/mol. The van der Waals surface area contributed by atoms with Gasteiger partial charge in [0.05, 0.1) is 13.9 Å². The van der Waals surface area contributed by atoms with Crippen LogP contribution in [0.4, 0.5) is 0 Å². The normalized spacial score (nSPS) is 15.4. The molecule has 1 aromatic carbocycles. The first-order valence-corrected chi connectivity index (χ1v) is 6.28. The Morgan fingerprint density at radius 1 is 1.38 bits per heavy atom. The van der Waals surface area contributed by atoms with Crippen molar-refractivity contribution in [3.05, 3.63) is 48.6 Å². The van der Waals surface area contributed by atoms with Gasteiger partial charge in [0.1, 0.15) is 0 Å². The lowest BCUT2D eigenvalue weighted by atomic mass is 9.95. The van der Waals surface area contributed by atoms with Crippen molar-refractivity contribution in [1.82, 2.24) is 0 Å². The fraction of sp³-hybridized carbons (Fsp3) is 0.273. The van der Waals surface area contributed by atoms with Gasteiger partial charge in [0.15, 0.2) is 0 Å². The number of benzene rings is 1. The number of hydrogen-bond acceptors (Lipinski definition) is 4. The molecule has 2 unspecified atom stereocenters. The third kappa shape index (κ3) is 3.91. The summed E-state index contributed by atoms with van der Waals surface area (Å²) in [5, 5.41) is 0. The molecule has 16 heavy (non-hydrogen) atoms. The average molecular weight is 240 g/mol. The number of phosphoric ester groups is 1. The van der Waals surface area contributed by atoms with Crippen LogP contribution in [-0.4, -0.2) is 6.10 Å². The van der Waals surface area contributed by atoms with Crippen molar-refractivity contribution in [2.75, 3.05) is 0 Å². The van der Waals surface area contributed by atoms with Crippen molar-refractivity contribution in [2.45, 2.75) is 18.9 Å². The Morgan fingerprint density at radius 2 is 1.94 bits per heavy atom. The van der Waals surface area contributed by atoms with Gasteiger partial charge in [-0.2, -0.15) is 0 Å². The predicted molar refractivity (Wildman–Crippen MR) is 57.5 cm³/mol. The Bertz CT molecular complexity index is 384. The molecule has 0 amide bonds. The number of phosphoric acid groups is 1. The van der Waals surface area contributed by atoms with Crippen molar-refractivity contribution >= 4 is 7.82 Å². The van der Waals surface area contributed by atoms with E-state index in [2.05, 4.69) is 11.1 Å². The van der Waals surface area contributed by atoms with E-state index in [9.17, 15) is 14.4 Å². The van der Waals surface area contributed by atoms with Gasteiger partial charge in [-0.1, -0.05) is 36.4 Å². The summed E-state index contributed by atoms with van der Waals surface area (Å²) in [7, 11) is -4.96. The highest BCUT2D eigenvalue weighted by atomic mass is 31.2. The van der Waals surface area contributed by atoms with Crippen molar-refractivity contribution in [2.24, 2.45) is 0 Å². The molecule has 0 aliphatic rings. The van der Waals surface area contributed by atoms with Crippen LogP contribution >= 0.6 is 7.82 Å². The summed E-state index contributed by atoms with van der Waals surface area (Å²) in [6.07, 6.45) is 0.816. The Kier molecular flexibility index (Phi) is 4.44. The maximum atomic E-state index is 10.5. The minimum absolute atomic E-state index is 0.322. The van der Waals surface area contributed by atoms with Crippen LogP contribution in [-0.2, 0) is 9.09 Å². The van der Waals surface area contributed by atoms with Crippen LogP contribution in [0.25, 0.3) is 0 Å². The van der Waals surface area contributed by atoms with E-state index < -0.39 is 13.9 Å². The first kappa shape index (κ1) is 13.1. The first-order valence-electron chi connectivity index (χ1n) is 4.82. The molecule has 1 rings (SSSR count). The summed E-state index contributed by atoms with van der Waals surface area (Å²) in [6.45, 7) is 5.14. The van der Waals surface area contributed by atoms with Gasteiger partial charge in [-0.25, -0.2) is 0 Å². The molecule has 0 saturated carbocycles. The summed E-state index contributed by atoms with van der Waals surface area (Å²) in [6, 6.07) is 9.15. The molecule has 88 valence electrons. The van der Waals surface area contributed by atoms with Gasteiger partial charge < -0.3 is 18.9 Å². The molecule has 2 atom stereocenters. The molecule has 0 heterocycles. The quantitative estimate of drug-likeness (QED) is 0.572. The summed E-state index contributed by atoms with van der Waals surface area (Å²) in [5.41, 5.74) is 0.860. The highest BCUT2D eigenvalue weighted by molar-refractivity contribution is 7.43. The zero-order valence-electron chi connectivity index (χ0n) is 8.91. The Labute approximate surface area is 94.8 Å². The highest BCUT2D eigenvalue weighted by Crippen LogP contribution is 2.33. The van der Waals surface area contributed by atoms with Crippen molar-refractivity contribution < 1.29 is 18.9 Å². The van der Waals surface area contributed by atoms with Crippen molar-refractivity contribution in [3.8, 4) is 0 Å². The van der Waals surface area contributed by atoms with Crippen LogP contribution in [0, 0.1) is 0 Å². The summed E-state index contributed by atoms with van der Waals surface area (Å²) in [4.78, 5) is 21.0. The van der Waals surface area contributed by atoms with E-state index in [4.69, 9.17) is 0 Å². The topological polar surface area (TPSA) is 72.4 Å². The molecule has 0 aliphatic heterocycles. The number of hydrogen-bond donors (Lipinski definition) is 0. The molecule has 0 radical (unpaired) electrons. The largest absolute Gasteiger partial charge is 0.790 e. The lowest BCUT2D eigenvalue weighted by molar-refractivity contribution is -0.344. The minimum atomic E-state index is -4.96. The third-order valence-electron chi connectivity index (χ3n) is 2.24. The van der Waals surface area contributed by atoms with E-state index in [0.29, 0.717) is 0 Å². The van der Waals surface area contributed by atoms with E-state index in [1.54, 1.807) is 6.08 Å². The summed E-state index contributed by atoms with van der Waals surface area (Å²) in [5.74, 6) is -0.322. The van der Waals surface area contributed by atoms with Gasteiger partial charge in [0.25, 0.3) is 0 Å². The molecule has 1 aromatic rings. The summed E-state index contributed by atoms with van der Waals surface area (Å²) >= 11 is 0. The van der Waals surface area contributed by atoms with Crippen LogP contribution in [0.3, 0.4) is 0 Å². The Balaban J connectivity index is 2.83. The molecule has 0 saturated heterocycles. The maximum absolute atomic E-state index is 10.5. The first-order chi connectivity index (χ1) is 7.44. The van der Waals surface area contributed by atoms with Crippen LogP contribution in [0.5, 0.6) is 0 Å². The van der Waals surface area contributed by atoms with Gasteiger partial charge >= 0.3 is 0 Å². The Morgan fingerprint density at radius 3 is 2.38 bits per heavy atom. The summed E-state index contributed by atoms with van der Waals surface area (Å²) < 4.78 is 14.9. The van der Waals surface area contributed by atoms with E-state index in [-0.39, 0.29) is 5.92 Å². The highest BCUT2D eigenvalue weighted by Gasteiger charge is 2.17. The SMILES string of the molecule is C=CC(c1ccccc1)C(C)OP(=O)([O-])[O-]. The van der Waals surface area contributed by atoms with Crippen LogP contribution < -0.4 is 9.79 Å². The van der Waals surface area contributed by atoms with Crippen LogP contribution in [0.2, 0.25) is 0 Å². The minimum Gasteiger partial charge on any atom is -0.790 e. The average Bonchev–Trinajstić information content (AvgIpc) is 2.17. The molecule has 4 nitrogen and oxygen atoms in total. The van der Waals surface area contributed by atoms with E-state index in [1.807, 2.05) is 30.3 Å². The second-order valence-electron chi connectivity index (χ2n) is 3.43. The molecule has 0 spiro atoms. The van der Waals surface area contributed by atoms with Gasteiger partial charge in [0.2, 0.25) is 0 Å². The van der Waals surface area contributed by atoms with Crippen molar-refractivity contribution in [1.29, 1.82) is 0 Å². The Hall–Kier alpha value is -0.930. The van der Waals surface area contributed by atoms with Gasteiger partial charge in [-0.05, 0) is 12.5 Å². The van der Waals surface area contributed by atoms with Crippen LogP contribution in [0.15, 0.2) is 43.0 Å². The number of rotatable bonds is 5. The van der Waals surface area contributed by atoms with Crippen molar-refractivity contribution in [3.63, 3.8) is 0 Å². The van der Waals surface area contributed by atoms with E-state index in [1.165, 1.54) is 6.92 Å². The molecule has 0 bridgehead atoms. The van der Waals surface area contributed by atoms with E-state index >= 15 is 0 Å². The molecule has 0 aromatic heterocycles. The van der Waals surface area contributed by atoms with E-state index in [0.717, 1.165) is 5.56 Å². The van der Waals surface area contributed by atoms with Gasteiger partial charge in [-0.3, -0.25) is 0 Å². The maximum Gasteiger partial charge on any atom is 0.0702 e. The lowest BCUT2D eigenvalue weighted by Crippen LogP contribution is -2.24. The van der Waals surface area contributed by atoms with Gasteiger partial charge in [-0.15, -0.1) is 6.58 Å². The second-order valence-corrected chi connectivity index (χ2v) is 4.54. The molecule has 5 heteroatoms. The standard InChI is InChI=1S/C11H15O4P/c1-3-11(9(2)15-16(12,13)14)10-7-5-4-6-8-10/h3-9,11H,1H2,2H3,(H2,12,13,14)/p-2. The lowest BCUT2D eigenvalue weighted by Gasteiger charge is -2.34. The zero-order chi connectivity index (χ0) is 12.2.